The molecule has 0 aromatic heterocycles. The van der Waals surface area contributed by atoms with Gasteiger partial charge in [0.25, 0.3) is 0 Å². The largest absolute Gasteiger partial charge is 0.418 e. The maximum atomic E-state index is 13.2. The molecule has 4 nitrogen and oxygen atoms in total. The van der Waals surface area contributed by atoms with Crippen molar-refractivity contribution < 1.29 is 22.8 Å². The fraction of sp³-hybridized carbons (Fsp3) is 0.176. The number of hydrogen-bond acceptors (Lipinski definition) is 4. The van der Waals surface area contributed by atoms with E-state index in [1.165, 1.54) is 12.1 Å². The van der Waals surface area contributed by atoms with E-state index in [9.17, 15) is 22.8 Å². The summed E-state index contributed by atoms with van der Waals surface area (Å²) in [6.45, 7) is 0. The lowest BCUT2D eigenvalue weighted by atomic mass is 10.1. The molecule has 1 atom stereocenters. The van der Waals surface area contributed by atoms with Crippen LogP contribution in [-0.2, 0) is 15.8 Å². The van der Waals surface area contributed by atoms with Gasteiger partial charge in [0.1, 0.15) is 0 Å². The molecule has 3 rings (SSSR count). The van der Waals surface area contributed by atoms with E-state index in [1.54, 1.807) is 24.3 Å². The highest BCUT2D eigenvalue weighted by Gasteiger charge is 2.44. The molecule has 1 fully saturated rings. The number of benzene rings is 2. The highest BCUT2D eigenvalue weighted by molar-refractivity contribution is 8.00. The number of carbonyl (C=O) groups is 2. The number of nitrogens with two attached hydrogens (primary N) is 1. The molecule has 2 aromatic rings. The zero-order valence-corrected chi connectivity index (χ0v) is 13.6. The smallest absolute Gasteiger partial charge is 0.399 e. The van der Waals surface area contributed by atoms with Gasteiger partial charge in [-0.1, -0.05) is 12.1 Å². The fourth-order valence-corrected chi connectivity index (χ4v) is 3.62. The molecule has 0 unspecified atom stereocenters. The molecule has 0 bridgehead atoms. The zero-order valence-electron chi connectivity index (χ0n) is 12.8. The van der Waals surface area contributed by atoms with E-state index in [0.717, 1.165) is 23.9 Å². The molecule has 0 radical (unpaired) electrons. The van der Waals surface area contributed by atoms with E-state index in [4.69, 9.17) is 5.73 Å². The van der Waals surface area contributed by atoms with E-state index < -0.39 is 34.5 Å². The molecule has 1 heterocycles. The highest BCUT2D eigenvalue weighted by Crippen LogP contribution is 2.40. The number of alkyl halides is 3. The maximum absolute atomic E-state index is 13.2. The van der Waals surface area contributed by atoms with Gasteiger partial charge in [0.2, 0.25) is 11.8 Å². The van der Waals surface area contributed by atoms with Gasteiger partial charge in [-0.3, -0.25) is 9.59 Å². The van der Waals surface area contributed by atoms with Crippen LogP contribution in [0, 0.1) is 0 Å². The summed E-state index contributed by atoms with van der Waals surface area (Å²) in [7, 11) is 0. The summed E-state index contributed by atoms with van der Waals surface area (Å²) >= 11 is 1.13. The number of carbonyl (C=O) groups excluding carboxylic acids is 2. The van der Waals surface area contributed by atoms with Crippen molar-refractivity contribution >= 4 is 35.0 Å². The molecule has 0 saturated carbocycles. The van der Waals surface area contributed by atoms with Crippen LogP contribution >= 0.6 is 11.8 Å². The number of halogens is 3. The Kier molecular flexibility index (Phi) is 4.47. The van der Waals surface area contributed by atoms with Crippen molar-refractivity contribution in [3.05, 3.63) is 54.1 Å². The number of hydrogen-bond donors (Lipinski definition) is 1. The van der Waals surface area contributed by atoms with Crippen LogP contribution in [0.15, 0.2) is 53.4 Å². The molecule has 1 aliphatic rings. The highest BCUT2D eigenvalue weighted by atomic mass is 32.2. The van der Waals surface area contributed by atoms with Gasteiger partial charge in [-0.25, -0.2) is 4.90 Å². The molecule has 1 aliphatic heterocycles. The SMILES string of the molecule is Nc1ccc(S[C@H]2CC(=O)N(c3ccccc3C(F)(F)F)C2=O)cc1. The molecule has 2 aromatic carbocycles. The van der Waals surface area contributed by atoms with Crippen LogP contribution < -0.4 is 10.6 Å². The Labute approximate surface area is 145 Å². The molecule has 1 saturated heterocycles. The summed E-state index contributed by atoms with van der Waals surface area (Å²) in [6, 6.07) is 11.3. The maximum Gasteiger partial charge on any atom is 0.418 e. The van der Waals surface area contributed by atoms with Gasteiger partial charge in [-0.2, -0.15) is 13.2 Å². The molecule has 25 heavy (non-hydrogen) atoms. The summed E-state index contributed by atoms with van der Waals surface area (Å²) in [4.78, 5) is 26.1. The minimum Gasteiger partial charge on any atom is -0.399 e. The Morgan fingerprint density at radius 2 is 1.68 bits per heavy atom. The zero-order chi connectivity index (χ0) is 18.2. The Morgan fingerprint density at radius 3 is 2.32 bits per heavy atom. The molecular formula is C17H13F3N2O2S. The van der Waals surface area contributed by atoms with E-state index >= 15 is 0 Å². The molecule has 8 heteroatoms. The van der Waals surface area contributed by atoms with Crippen molar-refractivity contribution in [2.45, 2.75) is 22.7 Å². The first kappa shape index (κ1) is 17.3. The van der Waals surface area contributed by atoms with Gasteiger partial charge in [-0.05, 0) is 36.4 Å². The number of para-hydroxylation sites is 1. The summed E-state index contributed by atoms with van der Waals surface area (Å²) in [6.07, 6.45) is -4.81. The minimum absolute atomic E-state index is 0.153. The number of amides is 2. The predicted octanol–water partition coefficient (Wildman–Crippen LogP) is 3.71. The Morgan fingerprint density at radius 1 is 1.04 bits per heavy atom. The monoisotopic (exact) mass is 366 g/mol. The molecule has 2 N–H and O–H groups in total. The van der Waals surface area contributed by atoms with Crippen LogP contribution in [0.5, 0.6) is 0 Å². The van der Waals surface area contributed by atoms with Gasteiger partial charge >= 0.3 is 6.18 Å². The third-order valence-electron chi connectivity index (χ3n) is 3.71. The van der Waals surface area contributed by atoms with Crippen molar-refractivity contribution in [2.75, 3.05) is 10.6 Å². The first-order valence-corrected chi connectivity index (χ1v) is 8.20. The first-order valence-electron chi connectivity index (χ1n) is 7.32. The van der Waals surface area contributed by atoms with Crippen LogP contribution in [0.2, 0.25) is 0 Å². The predicted molar refractivity (Wildman–Crippen MR) is 89.1 cm³/mol. The van der Waals surface area contributed by atoms with E-state index in [0.29, 0.717) is 15.5 Å². The quantitative estimate of drug-likeness (QED) is 0.664. The second-order valence-electron chi connectivity index (χ2n) is 5.46. The Balaban J connectivity index is 1.89. The summed E-state index contributed by atoms with van der Waals surface area (Å²) in [5.74, 6) is -1.29. The van der Waals surface area contributed by atoms with Crippen molar-refractivity contribution in [1.82, 2.24) is 0 Å². The third-order valence-corrected chi connectivity index (χ3v) is 4.91. The van der Waals surface area contributed by atoms with Gasteiger partial charge in [0.15, 0.2) is 0 Å². The van der Waals surface area contributed by atoms with Crippen molar-refractivity contribution in [2.24, 2.45) is 0 Å². The third kappa shape index (κ3) is 3.48. The van der Waals surface area contributed by atoms with Crippen molar-refractivity contribution in [3.63, 3.8) is 0 Å². The van der Waals surface area contributed by atoms with Crippen LogP contribution in [0.25, 0.3) is 0 Å². The van der Waals surface area contributed by atoms with Crippen LogP contribution in [-0.4, -0.2) is 17.1 Å². The van der Waals surface area contributed by atoms with Gasteiger partial charge in [0.05, 0.1) is 16.5 Å². The summed E-state index contributed by atoms with van der Waals surface area (Å²) < 4.78 is 39.5. The summed E-state index contributed by atoms with van der Waals surface area (Å²) in [5, 5.41) is -0.766. The molecule has 2 amide bonds. The van der Waals surface area contributed by atoms with Crippen molar-refractivity contribution in [1.29, 1.82) is 0 Å². The number of thioether (sulfide) groups is 1. The van der Waals surface area contributed by atoms with E-state index in [-0.39, 0.29) is 6.42 Å². The Hall–Kier alpha value is -2.48. The average molecular weight is 366 g/mol. The number of anilines is 2. The number of nitrogen functional groups attached to an aromatic ring is 1. The fourth-order valence-electron chi connectivity index (χ4n) is 2.57. The topological polar surface area (TPSA) is 63.4 Å². The molecule has 0 aliphatic carbocycles. The number of rotatable bonds is 3. The Bertz CT molecular complexity index is 821. The lowest BCUT2D eigenvalue weighted by Gasteiger charge is -2.20. The van der Waals surface area contributed by atoms with E-state index in [2.05, 4.69) is 0 Å². The van der Waals surface area contributed by atoms with Crippen molar-refractivity contribution in [3.8, 4) is 0 Å². The molecule has 130 valence electrons. The lowest BCUT2D eigenvalue weighted by Crippen LogP contribution is -2.33. The van der Waals surface area contributed by atoms with Crippen LogP contribution in [0.3, 0.4) is 0 Å². The van der Waals surface area contributed by atoms with Crippen LogP contribution in [0.1, 0.15) is 12.0 Å². The van der Waals surface area contributed by atoms with Gasteiger partial charge in [0, 0.05) is 17.0 Å². The number of imide groups is 1. The van der Waals surface area contributed by atoms with Gasteiger partial charge in [-0.15, -0.1) is 11.8 Å². The molecule has 0 spiro atoms. The standard InChI is InChI=1S/C17H13F3N2O2S/c18-17(19,20)12-3-1-2-4-13(12)22-15(23)9-14(16(22)24)25-11-7-5-10(21)6-8-11/h1-8,14H,9,21H2/t14-/m0/s1. The van der Waals surface area contributed by atoms with Gasteiger partial charge < -0.3 is 5.73 Å². The normalized spacial score (nSPS) is 18.0. The van der Waals surface area contributed by atoms with E-state index in [1.807, 2.05) is 0 Å². The molecular weight excluding hydrogens is 353 g/mol. The second-order valence-corrected chi connectivity index (χ2v) is 6.74. The first-order chi connectivity index (χ1) is 11.8. The lowest BCUT2D eigenvalue weighted by molar-refractivity contribution is -0.137. The average Bonchev–Trinajstić information content (AvgIpc) is 2.83. The number of nitrogens with zero attached hydrogens (tertiary/aromatic N) is 1. The second kappa shape index (κ2) is 6.44. The van der Waals surface area contributed by atoms with Crippen LogP contribution in [0.4, 0.5) is 24.5 Å². The summed E-state index contributed by atoms with van der Waals surface area (Å²) in [5.41, 5.74) is 4.72. The minimum atomic E-state index is -4.65.